The molecule has 0 radical (unpaired) electrons. The van der Waals surface area contributed by atoms with Gasteiger partial charge in [-0.2, -0.15) is 0 Å². The van der Waals surface area contributed by atoms with E-state index in [0.717, 1.165) is 0 Å². The van der Waals surface area contributed by atoms with Crippen molar-refractivity contribution in [3.05, 3.63) is 70.8 Å². The average molecular weight is 508 g/mol. The summed E-state index contributed by atoms with van der Waals surface area (Å²) in [6, 6.07) is 1.60. The number of carbonyl (C=O) groups excluding carboxylic acids is 3. The molecular formula is C22H16F8N2O3. The van der Waals surface area contributed by atoms with Gasteiger partial charge in [0.2, 0.25) is 11.8 Å². The van der Waals surface area contributed by atoms with E-state index in [1.807, 2.05) is 0 Å². The zero-order chi connectivity index (χ0) is 26.1. The molecule has 3 rings (SSSR count). The molecule has 0 aliphatic carbocycles. The van der Waals surface area contributed by atoms with Crippen LogP contribution in [-0.2, 0) is 22.4 Å². The van der Waals surface area contributed by atoms with Crippen LogP contribution in [0.5, 0.6) is 0 Å². The second-order valence-electron chi connectivity index (χ2n) is 8.04. The molecule has 1 aliphatic rings. The fourth-order valence-electron chi connectivity index (χ4n) is 3.59. The summed E-state index contributed by atoms with van der Waals surface area (Å²) in [6.45, 7) is -3.29. The van der Waals surface area contributed by atoms with Gasteiger partial charge in [0.05, 0.1) is 13.1 Å². The van der Waals surface area contributed by atoms with Gasteiger partial charge in [-0.25, -0.2) is 39.9 Å². The van der Waals surface area contributed by atoms with Gasteiger partial charge in [-0.3, -0.25) is 19.4 Å². The molecule has 13 heteroatoms. The molecule has 2 aromatic carbocycles. The molecule has 1 heterocycles. The lowest BCUT2D eigenvalue weighted by atomic mass is 10.0. The molecule has 2 aromatic rings. The van der Waals surface area contributed by atoms with Gasteiger partial charge >= 0.3 is 6.03 Å². The molecule has 0 unspecified atom stereocenters. The highest BCUT2D eigenvalue weighted by Crippen LogP contribution is 2.28. The Balaban J connectivity index is 1.75. The Morgan fingerprint density at radius 2 is 0.914 bits per heavy atom. The number of halogens is 8. The molecule has 1 aliphatic heterocycles. The second-order valence-corrected chi connectivity index (χ2v) is 8.04. The molecule has 35 heavy (non-hydrogen) atoms. The molecule has 0 spiro atoms. The van der Waals surface area contributed by atoms with Crippen LogP contribution in [0.1, 0.15) is 17.5 Å². The van der Waals surface area contributed by atoms with E-state index < -0.39 is 96.4 Å². The summed E-state index contributed by atoms with van der Waals surface area (Å²) in [7, 11) is 0. The van der Waals surface area contributed by atoms with Crippen molar-refractivity contribution in [1.29, 1.82) is 0 Å². The highest BCUT2D eigenvalue weighted by molar-refractivity contribution is 6.14. The molecule has 4 amide bonds. The number of benzene rings is 2. The first-order chi connectivity index (χ1) is 16.1. The van der Waals surface area contributed by atoms with Gasteiger partial charge in [0, 0.05) is 25.0 Å². The Morgan fingerprint density at radius 3 is 1.23 bits per heavy atom. The maximum absolute atomic E-state index is 14.5. The number of rotatable bonds is 8. The van der Waals surface area contributed by atoms with Gasteiger partial charge in [-0.1, -0.05) is 0 Å². The fourth-order valence-corrected chi connectivity index (χ4v) is 3.59. The Hall–Kier alpha value is -3.51. The van der Waals surface area contributed by atoms with Crippen LogP contribution in [0, 0.1) is 23.3 Å². The Labute approximate surface area is 192 Å². The number of barbiturate groups is 1. The number of hydrogen-bond donors (Lipinski definition) is 0. The van der Waals surface area contributed by atoms with E-state index in [9.17, 15) is 49.5 Å². The van der Waals surface area contributed by atoms with Crippen molar-refractivity contribution in [2.24, 2.45) is 0 Å². The standard InChI is InChI=1S/C22H16F8N2O3/c23-14-1-12(2-15(24)5-14)8-21(27,28)10-31-18(33)7-19(34)32(20(31)35)11-22(29,30)9-13-3-16(25)6-17(26)4-13/h1-6H,7-11H2. The molecule has 0 atom stereocenters. The third-order valence-electron chi connectivity index (χ3n) is 4.92. The van der Waals surface area contributed by atoms with E-state index in [2.05, 4.69) is 0 Å². The van der Waals surface area contributed by atoms with Crippen molar-refractivity contribution in [3.63, 3.8) is 0 Å². The fraction of sp³-hybridized carbons (Fsp3) is 0.318. The van der Waals surface area contributed by atoms with Crippen LogP contribution in [-0.4, -0.2) is 52.6 Å². The Morgan fingerprint density at radius 1 is 0.600 bits per heavy atom. The summed E-state index contributed by atoms with van der Waals surface area (Å²) < 4.78 is 111. The van der Waals surface area contributed by atoms with E-state index >= 15 is 0 Å². The van der Waals surface area contributed by atoms with Gasteiger partial charge in [-0.15, -0.1) is 0 Å². The molecule has 188 valence electrons. The predicted molar refractivity (Wildman–Crippen MR) is 103 cm³/mol. The minimum atomic E-state index is -3.93. The monoisotopic (exact) mass is 508 g/mol. The van der Waals surface area contributed by atoms with Gasteiger partial charge in [0.1, 0.15) is 29.7 Å². The summed E-state index contributed by atoms with van der Waals surface area (Å²) in [5.74, 6) is -15.2. The summed E-state index contributed by atoms with van der Waals surface area (Å²) >= 11 is 0. The van der Waals surface area contributed by atoms with Gasteiger partial charge in [0.15, 0.2) is 0 Å². The maximum atomic E-state index is 14.5. The number of alkyl halides is 4. The van der Waals surface area contributed by atoms with Crippen LogP contribution in [0.4, 0.5) is 39.9 Å². The van der Waals surface area contributed by atoms with E-state index in [1.54, 1.807) is 0 Å². The SMILES string of the molecule is O=C1CC(=O)N(CC(F)(F)Cc2cc(F)cc(F)c2)C(=O)N1CC(F)(F)Cc1cc(F)cc(F)c1. The third-order valence-corrected chi connectivity index (χ3v) is 4.92. The van der Waals surface area contributed by atoms with E-state index in [4.69, 9.17) is 0 Å². The average Bonchev–Trinajstić information content (AvgIpc) is 2.66. The quantitative estimate of drug-likeness (QED) is 0.391. The topological polar surface area (TPSA) is 57.7 Å². The largest absolute Gasteiger partial charge is 0.333 e. The molecule has 0 bridgehead atoms. The smallest absolute Gasteiger partial charge is 0.274 e. The van der Waals surface area contributed by atoms with Gasteiger partial charge < -0.3 is 0 Å². The summed E-state index contributed by atoms with van der Waals surface area (Å²) in [4.78, 5) is 36.5. The molecule has 0 N–H and O–H groups in total. The molecular weight excluding hydrogens is 492 g/mol. The van der Waals surface area contributed by atoms with E-state index in [-0.39, 0.29) is 9.80 Å². The number of urea groups is 1. The van der Waals surface area contributed by atoms with Crippen molar-refractivity contribution < 1.29 is 49.5 Å². The minimum absolute atomic E-state index is 0.102. The second kappa shape index (κ2) is 9.62. The molecule has 1 saturated heterocycles. The predicted octanol–water partition coefficient (Wildman–Crippen LogP) is 4.48. The molecule has 1 fully saturated rings. The molecule has 0 saturated carbocycles. The Bertz CT molecular complexity index is 1040. The Kier molecular flexibility index (Phi) is 7.18. The zero-order valence-electron chi connectivity index (χ0n) is 17.6. The third kappa shape index (κ3) is 6.76. The van der Waals surface area contributed by atoms with Gasteiger partial charge in [0.25, 0.3) is 11.8 Å². The number of hydrogen-bond acceptors (Lipinski definition) is 3. The van der Waals surface area contributed by atoms with Crippen molar-refractivity contribution >= 4 is 17.8 Å². The normalized spacial score (nSPS) is 15.3. The maximum Gasteiger partial charge on any atom is 0.333 e. The van der Waals surface area contributed by atoms with Crippen LogP contribution < -0.4 is 0 Å². The first-order valence-corrected chi connectivity index (χ1v) is 9.94. The van der Waals surface area contributed by atoms with Crippen molar-refractivity contribution in [2.45, 2.75) is 31.1 Å². The van der Waals surface area contributed by atoms with Crippen molar-refractivity contribution in [2.75, 3.05) is 13.1 Å². The first kappa shape index (κ1) is 26.1. The van der Waals surface area contributed by atoms with Crippen LogP contribution in [0.2, 0.25) is 0 Å². The first-order valence-electron chi connectivity index (χ1n) is 9.94. The number of carbonyl (C=O) groups is 3. The number of amides is 4. The number of nitrogens with zero attached hydrogens (tertiary/aromatic N) is 2. The summed E-state index contributed by atoms with van der Waals surface area (Å²) in [5.41, 5.74) is -0.989. The molecule has 0 aromatic heterocycles. The van der Waals surface area contributed by atoms with Crippen molar-refractivity contribution in [3.8, 4) is 0 Å². The molecule has 5 nitrogen and oxygen atoms in total. The van der Waals surface area contributed by atoms with Crippen LogP contribution >= 0.6 is 0 Å². The highest BCUT2D eigenvalue weighted by atomic mass is 19.3. The summed E-state index contributed by atoms with van der Waals surface area (Å²) in [5, 5.41) is 0. The highest BCUT2D eigenvalue weighted by Gasteiger charge is 2.46. The van der Waals surface area contributed by atoms with E-state index in [0.29, 0.717) is 36.4 Å². The minimum Gasteiger partial charge on any atom is -0.274 e. The lowest BCUT2D eigenvalue weighted by Gasteiger charge is -2.36. The van der Waals surface area contributed by atoms with Crippen LogP contribution in [0.25, 0.3) is 0 Å². The summed E-state index contributed by atoms with van der Waals surface area (Å²) in [6.07, 6.45) is -3.76. The zero-order valence-corrected chi connectivity index (χ0v) is 17.6. The number of imide groups is 2. The van der Waals surface area contributed by atoms with Crippen LogP contribution in [0.3, 0.4) is 0 Å². The lowest BCUT2D eigenvalue weighted by molar-refractivity contribution is -0.149. The van der Waals surface area contributed by atoms with Crippen LogP contribution in [0.15, 0.2) is 36.4 Å². The van der Waals surface area contributed by atoms with Crippen molar-refractivity contribution in [1.82, 2.24) is 9.80 Å². The lowest BCUT2D eigenvalue weighted by Crippen LogP contribution is -2.60. The van der Waals surface area contributed by atoms with E-state index in [1.165, 1.54) is 0 Å². The van der Waals surface area contributed by atoms with Gasteiger partial charge in [-0.05, 0) is 35.4 Å².